The first kappa shape index (κ1) is 13.5. The van der Waals surface area contributed by atoms with Crippen LogP contribution in [0.5, 0.6) is 5.75 Å². The molecule has 0 spiro atoms. The molecular formula is C13H18FNO2. The number of hydrogen-bond acceptors (Lipinski definition) is 2. The summed E-state index contributed by atoms with van der Waals surface area (Å²) in [5.74, 6) is -0.223. The Kier molecular flexibility index (Phi) is 4.94. The van der Waals surface area contributed by atoms with Crippen LogP contribution in [0.1, 0.15) is 38.3 Å². The Labute approximate surface area is 101 Å². The van der Waals surface area contributed by atoms with Crippen LogP contribution in [0.3, 0.4) is 0 Å². The largest absolute Gasteiger partial charge is 0.494 e. The lowest BCUT2D eigenvalue weighted by atomic mass is 10.1. The fourth-order valence-corrected chi connectivity index (χ4v) is 1.58. The third-order valence-electron chi connectivity index (χ3n) is 2.53. The van der Waals surface area contributed by atoms with Crippen LogP contribution >= 0.6 is 0 Å². The van der Waals surface area contributed by atoms with Crippen molar-refractivity contribution in [1.29, 1.82) is 0 Å². The molecule has 3 nitrogen and oxygen atoms in total. The highest BCUT2D eigenvalue weighted by Gasteiger charge is 2.11. The second kappa shape index (κ2) is 6.23. The van der Waals surface area contributed by atoms with Crippen LogP contribution in [0.15, 0.2) is 18.2 Å². The zero-order valence-electron chi connectivity index (χ0n) is 10.4. The summed E-state index contributed by atoms with van der Waals surface area (Å²) in [5.41, 5.74) is 0.729. The van der Waals surface area contributed by atoms with Crippen LogP contribution in [0.4, 0.5) is 4.39 Å². The summed E-state index contributed by atoms with van der Waals surface area (Å²) in [6, 6.07) is 4.50. The summed E-state index contributed by atoms with van der Waals surface area (Å²) in [4.78, 5) is 11.4. The second-order valence-electron chi connectivity index (χ2n) is 3.93. The molecule has 0 aromatic heterocycles. The molecule has 0 aliphatic carbocycles. The first-order valence-electron chi connectivity index (χ1n) is 5.71. The minimum Gasteiger partial charge on any atom is -0.494 e. The lowest BCUT2D eigenvalue weighted by molar-refractivity contribution is -0.121. The number of rotatable bonds is 5. The molecule has 17 heavy (non-hydrogen) atoms. The first-order valence-corrected chi connectivity index (χ1v) is 5.71. The smallest absolute Gasteiger partial charge is 0.220 e. The highest BCUT2D eigenvalue weighted by Crippen LogP contribution is 2.21. The van der Waals surface area contributed by atoms with E-state index in [0.29, 0.717) is 6.42 Å². The average Bonchev–Trinajstić information content (AvgIpc) is 2.29. The summed E-state index contributed by atoms with van der Waals surface area (Å²) >= 11 is 0. The van der Waals surface area contributed by atoms with Crippen molar-refractivity contribution in [3.05, 3.63) is 29.6 Å². The summed E-state index contributed by atoms with van der Waals surface area (Å²) in [6.45, 7) is 3.77. The van der Waals surface area contributed by atoms with Gasteiger partial charge in [-0.05, 0) is 31.0 Å². The van der Waals surface area contributed by atoms with Crippen LogP contribution in [0.25, 0.3) is 0 Å². The van der Waals surface area contributed by atoms with Gasteiger partial charge in [0.05, 0.1) is 13.2 Å². The lowest BCUT2D eigenvalue weighted by Gasteiger charge is -2.15. The molecule has 1 aromatic rings. The molecule has 1 unspecified atom stereocenters. The van der Waals surface area contributed by atoms with Gasteiger partial charge < -0.3 is 10.1 Å². The molecule has 0 radical (unpaired) electrons. The fraction of sp³-hybridized carbons (Fsp3) is 0.462. The predicted octanol–water partition coefficient (Wildman–Crippen LogP) is 2.81. The maximum absolute atomic E-state index is 13.5. The molecule has 1 amide bonds. The van der Waals surface area contributed by atoms with Crippen LogP contribution in [0.2, 0.25) is 0 Å². The Morgan fingerprint density at radius 1 is 1.53 bits per heavy atom. The van der Waals surface area contributed by atoms with Gasteiger partial charge in [0, 0.05) is 6.42 Å². The van der Waals surface area contributed by atoms with E-state index in [-0.39, 0.29) is 17.7 Å². The van der Waals surface area contributed by atoms with Gasteiger partial charge in [-0.25, -0.2) is 4.39 Å². The van der Waals surface area contributed by atoms with Gasteiger partial charge in [-0.3, -0.25) is 4.79 Å². The summed E-state index contributed by atoms with van der Waals surface area (Å²) in [5, 5.41) is 2.82. The Hall–Kier alpha value is -1.58. The SMILES string of the molecule is CCCC(=O)NC(C)c1ccc(OC)c(F)c1. The molecule has 0 heterocycles. The molecule has 94 valence electrons. The number of carbonyl (C=O) groups is 1. The zero-order chi connectivity index (χ0) is 12.8. The molecule has 4 heteroatoms. The Balaban J connectivity index is 2.72. The molecule has 1 N–H and O–H groups in total. The van der Waals surface area contributed by atoms with Gasteiger partial charge in [-0.15, -0.1) is 0 Å². The van der Waals surface area contributed by atoms with Crippen molar-refractivity contribution in [2.45, 2.75) is 32.7 Å². The lowest BCUT2D eigenvalue weighted by Crippen LogP contribution is -2.26. The van der Waals surface area contributed by atoms with Gasteiger partial charge in [0.1, 0.15) is 0 Å². The van der Waals surface area contributed by atoms with Gasteiger partial charge in [0.15, 0.2) is 11.6 Å². The Morgan fingerprint density at radius 2 is 2.24 bits per heavy atom. The number of methoxy groups -OCH3 is 1. The van der Waals surface area contributed by atoms with E-state index in [0.717, 1.165) is 12.0 Å². The number of amides is 1. The van der Waals surface area contributed by atoms with E-state index in [2.05, 4.69) is 5.32 Å². The highest BCUT2D eigenvalue weighted by molar-refractivity contribution is 5.76. The summed E-state index contributed by atoms with van der Waals surface area (Å²) < 4.78 is 18.3. The van der Waals surface area contributed by atoms with Crippen LogP contribution in [-0.2, 0) is 4.79 Å². The average molecular weight is 239 g/mol. The molecule has 0 fully saturated rings. The van der Waals surface area contributed by atoms with E-state index in [9.17, 15) is 9.18 Å². The van der Waals surface area contributed by atoms with Gasteiger partial charge >= 0.3 is 0 Å². The maximum atomic E-state index is 13.5. The van der Waals surface area contributed by atoms with E-state index in [4.69, 9.17) is 4.74 Å². The van der Waals surface area contributed by atoms with Gasteiger partial charge in [0.25, 0.3) is 0 Å². The predicted molar refractivity (Wildman–Crippen MR) is 64.4 cm³/mol. The van der Waals surface area contributed by atoms with E-state index >= 15 is 0 Å². The van der Waals surface area contributed by atoms with E-state index < -0.39 is 5.82 Å². The van der Waals surface area contributed by atoms with Crippen molar-refractivity contribution in [2.24, 2.45) is 0 Å². The van der Waals surface area contributed by atoms with Crippen molar-refractivity contribution in [3.63, 3.8) is 0 Å². The third kappa shape index (κ3) is 3.73. The summed E-state index contributed by atoms with van der Waals surface area (Å²) in [6.07, 6.45) is 1.29. The number of carbonyl (C=O) groups excluding carboxylic acids is 1. The van der Waals surface area contributed by atoms with Crippen molar-refractivity contribution in [1.82, 2.24) is 5.32 Å². The van der Waals surface area contributed by atoms with Crippen molar-refractivity contribution < 1.29 is 13.9 Å². The van der Waals surface area contributed by atoms with E-state index in [1.807, 2.05) is 13.8 Å². The zero-order valence-corrected chi connectivity index (χ0v) is 10.4. The molecule has 0 saturated carbocycles. The number of benzene rings is 1. The second-order valence-corrected chi connectivity index (χ2v) is 3.93. The van der Waals surface area contributed by atoms with Gasteiger partial charge in [-0.1, -0.05) is 13.0 Å². The maximum Gasteiger partial charge on any atom is 0.220 e. The number of halogens is 1. The number of ether oxygens (including phenoxy) is 1. The quantitative estimate of drug-likeness (QED) is 0.858. The normalized spacial score (nSPS) is 12.0. The Bertz CT molecular complexity index is 393. The number of hydrogen-bond donors (Lipinski definition) is 1. The molecule has 1 aromatic carbocycles. The monoisotopic (exact) mass is 239 g/mol. The third-order valence-corrected chi connectivity index (χ3v) is 2.53. The van der Waals surface area contributed by atoms with E-state index in [1.165, 1.54) is 13.2 Å². The van der Waals surface area contributed by atoms with Crippen molar-refractivity contribution in [3.8, 4) is 5.75 Å². The standard InChI is InChI=1S/C13H18FNO2/c1-4-5-13(16)15-9(2)10-6-7-12(17-3)11(14)8-10/h6-9H,4-5H2,1-3H3,(H,15,16). The molecule has 1 atom stereocenters. The van der Waals surface area contributed by atoms with Gasteiger partial charge in [-0.2, -0.15) is 0 Å². The fourth-order valence-electron chi connectivity index (χ4n) is 1.58. The molecule has 1 rings (SSSR count). The van der Waals surface area contributed by atoms with E-state index in [1.54, 1.807) is 12.1 Å². The minimum absolute atomic E-state index is 0.0174. The van der Waals surface area contributed by atoms with Crippen LogP contribution in [0, 0.1) is 5.82 Å². The highest BCUT2D eigenvalue weighted by atomic mass is 19.1. The van der Waals surface area contributed by atoms with Crippen molar-refractivity contribution >= 4 is 5.91 Å². The van der Waals surface area contributed by atoms with Crippen molar-refractivity contribution in [2.75, 3.05) is 7.11 Å². The minimum atomic E-state index is -0.415. The topological polar surface area (TPSA) is 38.3 Å². The molecule has 0 saturated heterocycles. The molecular weight excluding hydrogens is 221 g/mol. The van der Waals surface area contributed by atoms with Crippen LogP contribution < -0.4 is 10.1 Å². The Morgan fingerprint density at radius 3 is 2.76 bits per heavy atom. The first-order chi connectivity index (χ1) is 8.08. The number of nitrogens with one attached hydrogen (secondary N) is 1. The molecule has 0 aliphatic heterocycles. The molecule has 0 bridgehead atoms. The summed E-state index contributed by atoms with van der Waals surface area (Å²) in [7, 11) is 1.42. The molecule has 0 aliphatic rings. The van der Waals surface area contributed by atoms with Gasteiger partial charge in [0.2, 0.25) is 5.91 Å². The van der Waals surface area contributed by atoms with Crippen LogP contribution in [-0.4, -0.2) is 13.0 Å².